The Morgan fingerprint density at radius 3 is 2.55 bits per heavy atom. The van der Waals surface area contributed by atoms with Gasteiger partial charge in [0.1, 0.15) is 0 Å². The van der Waals surface area contributed by atoms with E-state index in [0.717, 1.165) is 29.8 Å². The van der Waals surface area contributed by atoms with Gasteiger partial charge in [0.05, 0.1) is 16.3 Å². The van der Waals surface area contributed by atoms with Gasteiger partial charge in [-0.15, -0.1) is 0 Å². The van der Waals surface area contributed by atoms with E-state index in [1.807, 2.05) is 13.8 Å². The summed E-state index contributed by atoms with van der Waals surface area (Å²) in [6.07, 6.45) is 2.00. The molecule has 0 amide bonds. The van der Waals surface area contributed by atoms with Crippen LogP contribution < -0.4 is 0 Å². The van der Waals surface area contributed by atoms with Gasteiger partial charge in [-0.3, -0.25) is 4.79 Å². The molecule has 0 saturated heterocycles. The molecule has 0 spiro atoms. The fourth-order valence-corrected chi connectivity index (χ4v) is 2.93. The van der Waals surface area contributed by atoms with Crippen LogP contribution in [0, 0.1) is 19.8 Å². The normalized spacial score (nSPS) is 11.2. The summed E-state index contributed by atoms with van der Waals surface area (Å²) in [6, 6.07) is 4.87. The van der Waals surface area contributed by atoms with Crippen LogP contribution in [0.15, 0.2) is 18.2 Å². The molecule has 0 unspecified atom stereocenters. The monoisotopic (exact) mass is 338 g/mol. The molecular weight excluding hydrogens is 319 g/mol. The lowest BCUT2D eigenvalue weighted by Crippen LogP contribution is -2.16. The highest BCUT2D eigenvalue weighted by Crippen LogP contribution is 2.24. The number of rotatable bonds is 4. The van der Waals surface area contributed by atoms with Crippen molar-refractivity contribution >= 4 is 29.1 Å². The summed E-state index contributed by atoms with van der Waals surface area (Å²) in [5, 5.41) is 5.25. The summed E-state index contributed by atoms with van der Waals surface area (Å²) in [5.41, 5.74) is 3.34. The molecule has 0 aliphatic carbocycles. The maximum atomic E-state index is 12.7. The number of hydrogen-bond donors (Lipinski definition) is 0. The van der Waals surface area contributed by atoms with Crippen molar-refractivity contribution in [2.45, 2.75) is 40.5 Å². The predicted octanol–water partition coefficient (Wildman–Crippen LogP) is 5.08. The third-order valence-electron chi connectivity index (χ3n) is 3.77. The summed E-state index contributed by atoms with van der Waals surface area (Å²) in [4.78, 5) is 12.7. The van der Waals surface area contributed by atoms with Crippen LogP contribution in [0.5, 0.6) is 0 Å². The van der Waals surface area contributed by atoms with E-state index >= 15 is 0 Å². The van der Waals surface area contributed by atoms with Crippen molar-refractivity contribution in [2.75, 3.05) is 0 Å². The second-order valence-corrected chi connectivity index (χ2v) is 6.77. The Balaban J connectivity index is 2.36. The predicted molar refractivity (Wildman–Crippen MR) is 91.1 cm³/mol. The van der Waals surface area contributed by atoms with E-state index in [2.05, 4.69) is 18.9 Å². The highest BCUT2D eigenvalue weighted by molar-refractivity contribution is 6.36. The second-order valence-electron chi connectivity index (χ2n) is 5.92. The van der Waals surface area contributed by atoms with Crippen LogP contribution in [-0.4, -0.2) is 15.7 Å². The number of carbonyl (C=O) groups excluding carboxylic acids is 1. The van der Waals surface area contributed by atoms with E-state index < -0.39 is 0 Å². The van der Waals surface area contributed by atoms with E-state index in [0.29, 0.717) is 21.5 Å². The van der Waals surface area contributed by atoms with Crippen molar-refractivity contribution in [1.29, 1.82) is 0 Å². The minimum Gasteiger partial charge on any atom is -0.267 e. The van der Waals surface area contributed by atoms with Gasteiger partial charge in [0, 0.05) is 10.7 Å². The van der Waals surface area contributed by atoms with Gasteiger partial charge in [0.15, 0.2) is 0 Å². The Labute approximate surface area is 141 Å². The van der Waals surface area contributed by atoms with Gasteiger partial charge in [0.25, 0.3) is 5.91 Å². The fourth-order valence-electron chi connectivity index (χ4n) is 2.44. The molecule has 3 nitrogen and oxygen atoms in total. The highest BCUT2D eigenvalue weighted by atomic mass is 35.5. The van der Waals surface area contributed by atoms with Gasteiger partial charge >= 0.3 is 0 Å². The van der Waals surface area contributed by atoms with Crippen LogP contribution in [0.2, 0.25) is 10.0 Å². The van der Waals surface area contributed by atoms with E-state index in [-0.39, 0.29) is 5.91 Å². The number of aromatic nitrogens is 2. The number of benzene rings is 1. The van der Waals surface area contributed by atoms with Gasteiger partial charge in [-0.25, -0.2) is 4.68 Å². The molecule has 2 rings (SSSR count). The molecule has 0 aliphatic rings. The average molecular weight is 339 g/mol. The van der Waals surface area contributed by atoms with Crippen molar-refractivity contribution < 1.29 is 4.79 Å². The molecule has 2 aromatic rings. The maximum Gasteiger partial charge on any atom is 0.279 e. The molecule has 0 bridgehead atoms. The fraction of sp³-hybridized carbons (Fsp3) is 0.412. The topological polar surface area (TPSA) is 34.9 Å². The van der Waals surface area contributed by atoms with Crippen LogP contribution in [-0.2, 0) is 6.42 Å². The average Bonchev–Trinajstić information content (AvgIpc) is 2.71. The summed E-state index contributed by atoms with van der Waals surface area (Å²) < 4.78 is 1.44. The number of nitrogens with zero attached hydrogens (tertiary/aromatic N) is 2. The molecule has 0 atom stereocenters. The first kappa shape index (κ1) is 17.0. The number of halogens is 2. The summed E-state index contributed by atoms with van der Waals surface area (Å²) in [7, 11) is 0. The number of carbonyl (C=O) groups is 1. The minimum absolute atomic E-state index is 0.224. The van der Waals surface area contributed by atoms with Crippen molar-refractivity contribution in [3.05, 3.63) is 50.8 Å². The van der Waals surface area contributed by atoms with E-state index in [4.69, 9.17) is 23.2 Å². The summed E-state index contributed by atoms with van der Waals surface area (Å²) in [6.45, 7) is 8.24. The third kappa shape index (κ3) is 3.53. The Kier molecular flexibility index (Phi) is 5.30. The minimum atomic E-state index is -0.224. The zero-order valence-electron chi connectivity index (χ0n) is 13.3. The Bertz CT molecular complexity index is 705. The Morgan fingerprint density at radius 2 is 1.95 bits per heavy atom. The molecule has 118 valence electrons. The highest BCUT2D eigenvalue weighted by Gasteiger charge is 2.20. The molecular formula is C17H20Cl2N2O. The van der Waals surface area contributed by atoms with Crippen LogP contribution in [0.25, 0.3) is 0 Å². The number of hydrogen-bond acceptors (Lipinski definition) is 2. The largest absolute Gasteiger partial charge is 0.279 e. The van der Waals surface area contributed by atoms with Crippen molar-refractivity contribution in [3.63, 3.8) is 0 Å². The van der Waals surface area contributed by atoms with Gasteiger partial charge in [-0.2, -0.15) is 5.10 Å². The maximum absolute atomic E-state index is 12.7. The SMILES string of the molecule is Cc1nn(C(=O)c2ccc(Cl)cc2Cl)c(C)c1CCC(C)C. The van der Waals surface area contributed by atoms with Crippen molar-refractivity contribution in [2.24, 2.45) is 5.92 Å². The van der Waals surface area contributed by atoms with Gasteiger partial charge < -0.3 is 0 Å². The molecule has 5 heteroatoms. The first-order chi connectivity index (χ1) is 10.3. The second kappa shape index (κ2) is 6.84. The third-order valence-corrected chi connectivity index (χ3v) is 4.31. The van der Waals surface area contributed by atoms with E-state index in [1.54, 1.807) is 18.2 Å². The van der Waals surface area contributed by atoms with E-state index in [1.165, 1.54) is 4.68 Å². The summed E-state index contributed by atoms with van der Waals surface area (Å²) >= 11 is 12.0. The van der Waals surface area contributed by atoms with Crippen molar-refractivity contribution in [1.82, 2.24) is 9.78 Å². The molecule has 1 heterocycles. The molecule has 0 fully saturated rings. The first-order valence-corrected chi connectivity index (χ1v) is 8.11. The Hall–Kier alpha value is -1.32. The first-order valence-electron chi connectivity index (χ1n) is 7.36. The standard InChI is InChI=1S/C17H20Cl2N2O/c1-10(2)5-7-14-11(3)20-21(12(14)4)17(22)15-8-6-13(18)9-16(15)19/h6,8-10H,5,7H2,1-4H3. The van der Waals surface area contributed by atoms with Crippen LogP contribution in [0.3, 0.4) is 0 Å². The molecule has 22 heavy (non-hydrogen) atoms. The molecule has 1 aromatic carbocycles. The number of aryl methyl sites for hydroxylation is 1. The zero-order valence-corrected chi connectivity index (χ0v) is 14.8. The molecule has 0 aliphatic heterocycles. The van der Waals surface area contributed by atoms with Crippen LogP contribution in [0.1, 0.15) is 47.6 Å². The molecule has 0 radical (unpaired) electrons. The van der Waals surface area contributed by atoms with Gasteiger partial charge in [0.2, 0.25) is 0 Å². The summed E-state index contributed by atoms with van der Waals surface area (Å²) in [5.74, 6) is 0.390. The van der Waals surface area contributed by atoms with Gasteiger partial charge in [-0.1, -0.05) is 37.0 Å². The van der Waals surface area contributed by atoms with Crippen LogP contribution in [0.4, 0.5) is 0 Å². The zero-order chi connectivity index (χ0) is 16.4. The quantitative estimate of drug-likeness (QED) is 0.778. The lowest BCUT2D eigenvalue weighted by Gasteiger charge is -2.07. The molecule has 0 N–H and O–H groups in total. The lowest BCUT2D eigenvalue weighted by molar-refractivity contribution is 0.0942. The van der Waals surface area contributed by atoms with Crippen LogP contribution >= 0.6 is 23.2 Å². The molecule has 1 aromatic heterocycles. The molecule has 0 saturated carbocycles. The van der Waals surface area contributed by atoms with E-state index in [9.17, 15) is 4.79 Å². The lowest BCUT2D eigenvalue weighted by atomic mass is 10.0. The smallest absolute Gasteiger partial charge is 0.267 e. The van der Waals surface area contributed by atoms with Gasteiger partial charge in [-0.05, 0) is 56.4 Å². The Morgan fingerprint density at radius 1 is 1.27 bits per heavy atom. The van der Waals surface area contributed by atoms with Crippen molar-refractivity contribution in [3.8, 4) is 0 Å².